The van der Waals surface area contributed by atoms with Crippen LogP contribution in [0.1, 0.15) is 38.0 Å². The molecule has 0 aromatic carbocycles. The van der Waals surface area contributed by atoms with Crippen LogP contribution in [0.3, 0.4) is 0 Å². The van der Waals surface area contributed by atoms with Crippen LogP contribution in [-0.2, 0) is 16.6 Å². The molecular formula is C13H22N2O2S2. The third-order valence-electron chi connectivity index (χ3n) is 3.34. The zero-order chi connectivity index (χ0) is 13.9. The molecule has 6 heteroatoms. The number of sulfonamides is 1. The minimum atomic E-state index is -3.34. The molecule has 1 aromatic heterocycles. The molecular weight excluding hydrogens is 280 g/mol. The highest BCUT2D eigenvalue weighted by atomic mass is 32.2. The molecule has 2 N–H and O–H groups in total. The summed E-state index contributed by atoms with van der Waals surface area (Å²) in [5, 5.41) is 5.01. The molecule has 0 saturated heterocycles. The Hall–Kier alpha value is -0.430. The van der Waals surface area contributed by atoms with Crippen LogP contribution in [0.4, 0.5) is 0 Å². The molecule has 1 aromatic rings. The van der Waals surface area contributed by atoms with Gasteiger partial charge in [-0.2, -0.15) is 0 Å². The van der Waals surface area contributed by atoms with E-state index in [2.05, 4.69) is 17.0 Å². The average molecular weight is 302 g/mol. The van der Waals surface area contributed by atoms with Gasteiger partial charge in [-0.1, -0.05) is 6.92 Å². The number of rotatable bonds is 8. The molecule has 0 bridgehead atoms. The van der Waals surface area contributed by atoms with Gasteiger partial charge in [0.15, 0.2) is 0 Å². The van der Waals surface area contributed by atoms with Gasteiger partial charge in [0.2, 0.25) is 10.0 Å². The fraction of sp³-hybridized carbons (Fsp3) is 0.692. The van der Waals surface area contributed by atoms with E-state index < -0.39 is 10.0 Å². The SMILES string of the molecule is CCCNCc1cc(S(=O)(=O)NC(C)C2CC2)cs1. The summed E-state index contributed by atoms with van der Waals surface area (Å²) in [4.78, 5) is 1.46. The van der Waals surface area contributed by atoms with E-state index in [-0.39, 0.29) is 6.04 Å². The monoisotopic (exact) mass is 302 g/mol. The predicted octanol–water partition coefficient (Wildman–Crippen LogP) is 2.32. The van der Waals surface area contributed by atoms with Gasteiger partial charge >= 0.3 is 0 Å². The molecule has 1 fully saturated rings. The third-order valence-corrected chi connectivity index (χ3v) is 5.96. The lowest BCUT2D eigenvalue weighted by Crippen LogP contribution is -2.33. The Labute approximate surface area is 119 Å². The van der Waals surface area contributed by atoms with Crippen LogP contribution in [0.15, 0.2) is 16.3 Å². The zero-order valence-electron chi connectivity index (χ0n) is 11.5. The van der Waals surface area contributed by atoms with Crippen LogP contribution >= 0.6 is 11.3 Å². The van der Waals surface area contributed by atoms with Crippen LogP contribution < -0.4 is 10.0 Å². The first-order valence-corrected chi connectivity index (χ1v) is 9.19. The molecule has 1 heterocycles. The normalized spacial score (nSPS) is 17.6. The Morgan fingerprint density at radius 3 is 2.84 bits per heavy atom. The first-order valence-electron chi connectivity index (χ1n) is 6.83. The van der Waals surface area contributed by atoms with Gasteiger partial charge in [-0.25, -0.2) is 13.1 Å². The van der Waals surface area contributed by atoms with E-state index >= 15 is 0 Å². The van der Waals surface area contributed by atoms with Crippen molar-refractivity contribution in [1.29, 1.82) is 0 Å². The maximum Gasteiger partial charge on any atom is 0.241 e. The van der Waals surface area contributed by atoms with Gasteiger partial charge in [-0.15, -0.1) is 11.3 Å². The molecule has 2 rings (SSSR count). The average Bonchev–Trinajstić information content (AvgIpc) is 3.09. The number of thiophene rings is 1. The van der Waals surface area contributed by atoms with Crippen LogP contribution in [0.25, 0.3) is 0 Å². The van der Waals surface area contributed by atoms with E-state index in [1.807, 2.05) is 6.92 Å². The largest absolute Gasteiger partial charge is 0.312 e. The van der Waals surface area contributed by atoms with Crippen LogP contribution in [-0.4, -0.2) is 21.0 Å². The highest BCUT2D eigenvalue weighted by Crippen LogP contribution is 2.33. The van der Waals surface area contributed by atoms with E-state index in [0.717, 1.165) is 37.2 Å². The van der Waals surface area contributed by atoms with Crippen LogP contribution in [0.5, 0.6) is 0 Å². The van der Waals surface area contributed by atoms with Gasteiger partial charge in [0.25, 0.3) is 0 Å². The number of hydrogen-bond donors (Lipinski definition) is 2. The zero-order valence-corrected chi connectivity index (χ0v) is 13.1. The Bertz CT molecular complexity index is 506. The molecule has 108 valence electrons. The second kappa shape index (κ2) is 6.35. The van der Waals surface area contributed by atoms with E-state index in [1.54, 1.807) is 11.4 Å². The fourth-order valence-corrected chi connectivity index (χ4v) is 4.54. The standard InChI is InChI=1S/C13H22N2O2S2/c1-3-6-14-8-12-7-13(9-18-12)19(16,17)15-10(2)11-4-5-11/h7,9-11,14-15H,3-6,8H2,1-2H3. The van der Waals surface area contributed by atoms with Gasteiger partial charge in [-0.3, -0.25) is 0 Å². The van der Waals surface area contributed by atoms with E-state index in [0.29, 0.717) is 10.8 Å². The van der Waals surface area contributed by atoms with Crippen molar-refractivity contribution in [2.75, 3.05) is 6.54 Å². The fourth-order valence-electron chi connectivity index (χ4n) is 1.99. The smallest absolute Gasteiger partial charge is 0.241 e. The lowest BCUT2D eigenvalue weighted by molar-refractivity contribution is 0.538. The summed E-state index contributed by atoms with van der Waals surface area (Å²) < 4.78 is 27.2. The first kappa shape index (κ1) is 15.0. The second-order valence-electron chi connectivity index (χ2n) is 5.17. The van der Waals surface area contributed by atoms with Crippen molar-refractivity contribution >= 4 is 21.4 Å². The van der Waals surface area contributed by atoms with Crippen LogP contribution in [0.2, 0.25) is 0 Å². The van der Waals surface area contributed by atoms with Crippen molar-refractivity contribution in [1.82, 2.24) is 10.0 Å². The molecule has 1 saturated carbocycles. The summed E-state index contributed by atoms with van der Waals surface area (Å²) in [7, 11) is -3.34. The van der Waals surface area contributed by atoms with Gasteiger partial charge in [-0.05, 0) is 44.7 Å². The molecule has 0 amide bonds. The van der Waals surface area contributed by atoms with Gasteiger partial charge in [0.05, 0.1) is 4.90 Å². The van der Waals surface area contributed by atoms with Gasteiger partial charge in [0.1, 0.15) is 0 Å². The van der Waals surface area contributed by atoms with Crippen molar-refractivity contribution in [2.24, 2.45) is 5.92 Å². The lowest BCUT2D eigenvalue weighted by Gasteiger charge is -2.11. The quantitative estimate of drug-likeness (QED) is 0.725. The summed E-state index contributed by atoms with van der Waals surface area (Å²) in [6.45, 7) is 5.76. The third kappa shape index (κ3) is 4.27. The van der Waals surface area contributed by atoms with E-state index in [1.165, 1.54) is 11.3 Å². The first-order chi connectivity index (χ1) is 9.03. The van der Waals surface area contributed by atoms with Crippen molar-refractivity contribution in [3.8, 4) is 0 Å². The molecule has 1 aliphatic carbocycles. The Morgan fingerprint density at radius 2 is 2.21 bits per heavy atom. The van der Waals surface area contributed by atoms with E-state index in [9.17, 15) is 8.42 Å². The summed E-state index contributed by atoms with van der Waals surface area (Å²) in [6.07, 6.45) is 3.36. The van der Waals surface area contributed by atoms with Crippen molar-refractivity contribution in [3.05, 3.63) is 16.3 Å². The van der Waals surface area contributed by atoms with Crippen molar-refractivity contribution < 1.29 is 8.42 Å². The highest BCUT2D eigenvalue weighted by Gasteiger charge is 2.31. The highest BCUT2D eigenvalue weighted by molar-refractivity contribution is 7.89. The molecule has 19 heavy (non-hydrogen) atoms. The summed E-state index contributed by atoms with van der Waals surface area (Å²) in [5.41, 5.74) is 0. The molecule has 0 aliphatic heterocycles. The maximum absolute atomic E-state index is 12.2. The Morgan fingerprint density at radius 1 is 1.47 bits per heavy atom. The Balaban J connectivity index is 1.95. The topological polar surface area (TPSA) is 58.2 Å². The molecule has 4 nitrogen and oxygen atoms in total. The van der Waals surface area contributed by atoms with Crippen molar-refractivity contribution in [2.45, 2.75) is 50.6 Å². The van der Waals surface area contributed by atoms with Crippen molar-refractivity contribution in [3.63, 3.8) is 0 Å². The minimum absolute atomic E-state index is 0.0477. The Kier molecular flexibility index (Phi) is 5.00. The van der Waals surface area contributed by atoms with Gasteiger partial charge < -0.3 is 5.32 Å². The molecule has 0 radical (unpaired) electrons. The maximum atomic E-state index is 12.2. The lowest BCUT2D eigenvalue weighted by atomic mass is 10.2. The van der Waals surface area contributed by atoms with E-state index in [4.69, 9.17) is 0 Å². The number of nitrogens with one attached hydrogen (secondary N) is 2. The summed E-state index contributed by atoms with van der Waals surface area (Å²) >= 11 is 1.50. The molecule has 0 spiro atoms. The molecule has 1 aliphatic rings. The minimum Gasteiger partial charge on any atom is -0.312 e. The molecule has 1 unspecified atom stereocenters. The van der Waals surface area contributed by atoms with Gasteiger partial charge in [0, 0.05) is 22.8 Å². The summed E-state index contributed by atoms with van der Waals surface area (Å²) in [5.74, 6) is 0.527. The molecule has 1 atom stereocenters. The number of hydrogen-bond acceptors (Lipinski definition) is 4. The van der Waals surface area contributed by atoms with Crippen LogP contribution in [0, 0.1) is 5.92 Å². The summed E-state index contributed by atoms with van der Waals surface area (Å²) in [6, 6.07) is 1.82. The second-order valence-corrected chi connectivity index (χ2v) is 7.88. The predicted molar refractivity (Wildman–Crippen MR) is 78.8 cm³/mol.